The van der Waals surface area contributed by atoms with Crippen LogP contribution in [0.4, 0.5) is 5.13 Å². The van der Waals surface area contributed by atoms with Crippen molar-refractivity contribution in [2.45, 2.75) is 26.4 Å². The number of rotatable bonds is 10. The number of hydrogen-bond donors (Lipinski definition) is 1. The van der Waals surface area contributed by atoms with Gasteiger partial charge in [0.15, 0.2) is 6.79 Å². The van der Waals surface area contributed by atoms with Gasteiger partial charge in [-0.25, -0.2) is 14.8 Å². The van der Waals surface area contributed by atoms with Crippen molar-refractivity contribution >= 4 is 40.3 Å². The summed E-state index contributed by atoms with van der Waals surface area (Å²) < 4.78 is 15.0. The molecule has 33 heavy (non-hydrogen) atoms. The molecule has 0 saturated carbocycles. The predicted molar refractivity (Wildman–Crippen MR) is 129 cm³/mol. The first kappa shape index (κ1) is 24.8. The molecule has 1 N–H and O–H groups in total. The topological polar surface area (TPSA) is 93.5 Å². The largest absolute Gasteiger partial charge is 0.435 e. The highest BCUT2D eigenvalue weighted by Crippen LogP contribution is 2.31. The van der Waals surface area contributed by atoms with Crippen molar-refractivity contribution in [2.24, 2.45) is 5.10 Å². The molecule has 2 aromatic carbocycles. The zero-order chi connectivity index (χ0) is 23.8. The number of ether oxygens (including phenoxy) is 3. The van der Waals surface area contributed by atoms with Crippen LogP contribution >= 0.6 is 22.9 Å². The molecule has 0 radical (unpaired) electrons. The van der Waals surface area contributed by atoms with Crippen LogP contribution in [0.5, 0.6) is 0 Å². The summed E-state index contributed by atoms with van der Waals surface area (Å²) in [5, 5.41) is 18.7. The zero-order valence-electron chi connectivity index (χ0n) is 18.3. The number of thiazole rings is 1. The van der Waals surface area contributed by atoms with Crippen molar-refractivity contribution in [3.8, 4) is 11.3 Å². The Morgan fingerprint density at radius 3 is 2.73 bits per heavy atom. The highest BCUT2D eigenvalue weighted by atomic mass is 35.5. The van der Waals surface area contributed by atoms with Gasteiger partial charge >= 0.3 is 5.97 Å². The highest BCUT2D eigenvalue weighted by molar-refractivity contribution is 7.14. The van der Waals surface area contributed by atoms with Gasteiger partial charge in [-0.2, -0.15) is 5.10 Å². The quantitative estimate of drug-likeness (QED) is 0.190. The maximum atomic E-state index is 12.5. The van der Waals surface area contributed by atoms with Gasteiger partial charge in [0, 0.05) is 28.6 Å². The van der Waals surface area contributed by atoms with Crippen LogP contribution in [0, 0.1) is 0 Å². The first-order valence-electron chi connectivity index (χ1n) is 10.0. The average molecular weight is 490 g/mol. The summed E-state index contributed by atoms with van der Waals surface area (Å²) >= 11 is 7.68. The van der Waals surface area contributed by atoms with E-state index in [-0.39, 0.29) is 6.10 Å². The Bertz CT molecular complexity index is 1100. The van der Waals surface area contributed by atoms with Gasteiger partial charge in [0.25, 0.3) is 6.48 Å². The van der Waals surface area contributed by atoms with Gasteiger partial charge in [0.1, 0.15) is 0 Å². The summed E-state index contributed by atoms with van der Waals surface area (Å²) in [6.45, 7) is 1.56. The first-order chi connectivity index (χ1) is 15.8. The second kappa shape index (κ2) is 11.9. The number of esters is 1. The summed E-state index contributed by atoms with van der Waals surface area (Å²) in [5.41, 5.74) is 2.46. The Kier molecular flexibility index (Phi) is 8.93. The maximum absolute atomic E-state index is 12.5. The number of benzene rings is 2. The fraction of sp³-hybridized carbons (Fsp3) is 0.261. The van der Waals surface area contributed by atoms with Crippen molar-refractivity contribution < 1.29 is 24.1 Å². The molecule has 0 bridgehead atoms. The summed E-state index contributed by atoms with van der Waals surface area (Å²) in [6.07, 6.45) is 1.31. The van der Waals surface area contributed by atoms with Crippen LogP contribution in [0.15, 0.2) is 59.0 Å². The van der Waals surface area contributed by atoms with E-state index in [1.165, 1.54) is 11.3 Å². The van der Waals surface area contributed by atoms with Crippen molar-refractivity contribution in [1.82, 2.24) is 4.98 Å². The molecule has 3 rings (SSSR count). The fourth-order valence-electron chi connectivity index (χ4n) is 2.69. The minimum Gasteiger partial charge on any atom is -0.435 e. The number of aliphatic hydroxyl groups excluding tert-OH is 1. The zero-order valence-corrected chi connectivity index (χ0v) is 19.9. The average Bonchev–Trinajstić information content (AvgIpc) is 3.27. The smallest absolute Gasteiger partial charge is 0.340 e. The van der Waals surface area contributed by atoms with E-state index in [4.69, 9.17) is 25.8 Å². The van der Waals surface area contributed by atoms with E-state index in [2.05, 4.69) is 10.1 Å². The number of aromatic nitrogens is 1. The van der Waals surface area contributed by atoms with Crippen molar-refractivity contribution in [2.75, 3.05) is 18.8 Å². The molecule has 0 aliphatic carbocycles. The van der Waals surface area contributed by atoms with Gasteiger partial charge in [-0.05, 0) is 26.0 Å². The molecule has 1 aromatic heterocycles. The van der Waals surface area contributed by atoms with Crippen molar-refractivity contribution in [3.05, 3.63) is 70.1 Å². The Balaban J connectivity index is 1.65. The van der Waals surface area contributed by atoms with E-state index >= 15 is 0 Å². The Morgan fingerprint density at radius 1 is 1.24 bits per heavy atom. The lowest BCUT2D eigenvalue weighted by Gasteiger charge is -2.15. The summed E-state index contributed by atoms with van der Waals surface area (Å²) in [5.74, 6) is -0.619. The van der Waals surface area contributed by atoms with Gasteiger partial charge in [0.05, 0.1) is 23.6 Å². The van der Waals surface area contributed by atoms with E-state index in [9.17, 15) is 9.90 Å². The van der Waals surface area contributed by atoms with Gasteiger partial charge in [-0.1, -0.05) is 48.0 Å². The Hall–Kier alpha value is -2.82. The molecular weight excluding hydrogens is 466 g/mol. The Labute approximate surface area is 201 Å². The minimum absolute atomic E-state index is 0.233. The molecule has 10 heteroatoms. The third kappa shape index (κ3) is 7.08. The lowest BCUT2D eigenvalue weighted by molar-refractivity contribution is -0.296. The van der Waals surface area contributed by atoms with Gasteiger partial charge in [-0.3, -0.25) is 4.74 Å². The molecular formula is C23H24ClN3O5S. The molecule has 0 fully saturated rings. The second-order valence-corrected chi connectivity index (χ2v) is 8.30. The number of anilines is 1. The van der Waals surface area contributed by atoms with E-state index in [1.54, 1.807) is 56.4 Å². The van der Waals surface area contributed by atoms with Gasteiger partial charge in [0.2, 0.25) is 5.13 Å². The molecule has 8 nitrogen and oxygen atoms in total. The number of halogens is 1. The molecule has 0 aliphatic heterocycles. The SMILES string of the molecule is CC(C)OC(O)OCOC(=O)c1ccccc1/C=N/N(C)c1nc(-c2ccccc2Cl)cs1. The van der Waals surface area contributed by atoms with Crippen LogP contribution in [-0.2, 0) is 14.2 Å². The number of aliphatic hydroxyl groups is 1. The highest BCUT2D eigenvalue weighted by Gasteiger charge is 2.14. The van der Waals surface area contributed by atoms with E-state index < -0.39 is 19.2 Å². The van der Waals surface area contributed by atoms with Crippen LogP contribution in [-0.4, -0.2) is 48.7 Å². The third-order valence-electron chi connectivity index (χ3n) is 4.26. The molecule has 1 unspecified atom stereocenters. The van der Waals surface area contributed by atoms with Crippen LogP contribution in [0.3, 0.4) is 0 Å². The lowest BCUT2D eigenvalue weighted by Crippen LogP contribution is -2.23. The lowest BCUT2D eigenvalue weighted by atomic mass is 10.1. The van der Waals surface area contributed by atoms with Gasteiger partial charge in [-0.15, -0.1) is 11.3 Å². The molecule has 0 aliphatic rings. The molecule has 0 spiro atoms. The molecule has 1 heterocycles. The molecule has 0 saturated heterocycles. The number of hydrazone groups is 1. The number of nitrogens with zero attached hydrogens (tertiary/aromatic N) is 3. The fourth-order valence-corrected chi connectivity index (χ4v) is 3.67. The van der Waals surface area contributed by atoms with E-state index in [0.29, 0.717) is 21.3 Å². The molecule has 1 atom stereocenters. The molecule has 174 valence electrons. The second-order valence-electron chi connectivity index (χ2n) is 7.06. The summed E-state index contributed by atoms with van der Waals surface area (Å²) in [4.78, 5) is 17.0. The van der Waals surface area contributed by atoms with Crippen LogP contribution < -0.4 is 5.01 Å². The normalized spacial score (nSPS) is 12.3. The van der Waals surface area contributed by atoms with Gasteiger partial charge < -0.3 is 14.6 Å². The predicted octanol–water partition coefficient (Wildman–Crippen LogP) is 4.77. The minimum atomic E-state index is -1.47. The van der Waals surface area contributed by atoms with Crippen LogP contribution in [0.1, 0.15) is 29.8 Å². The summed E-state index contributed by atoms with van der Waals surface area (Å²) in [7, 11) is 1.76. The van der Waals surface area contributed by atoms with Crippen molar-refractivity contribution in [3.63, 3.8) is 0 Å². The first-order valence-corrected chi connectivity index (χ1v) is 11.3. The number of carbonyl (C=O) groups excluding carboxylic acids is 1. The number of hydrogen-bond acceptors (Lipinski definition) is 9. The third-order valence-corrected chi connectivity index (χ3v) is 5.50. The number of carbonyl (C=O) groups is 1. The standard InChI is InChI=1S/C23H24ClN3O5S/c1-15(2)32-23(29)31-14-30-21(28)17-9-5-4-8-16(17)12-25-27(3)22-26-20(13-33-22)18-10-6-7-11-19(18)24/h4-13,15,23,29H,14H2,1-3H3/b25-12+. The maximum Gasteiger partial charge on any atom is 0.340 e. The van der Waals surface area contributed by atoms with Crippen LogP contribution in [0.2, 0.25) is 5.02 Å². The molecule has 3 aromatic rings. The van der Waals surface area contributed by atoms with Crippen molar-refractivity contribution in [1.29, 1.82) is 0 Å². The van der Waals surface area contributed by atoms with E-state index in [0.717, 1.165) is 11.3 Å². The Morgan fingerprint density at radius 2 is 1.97 bits per heavy atom. The molecule has 0 amide bonds. The van der Waals surface area contributed by atoms with E-state index in [1.807, 2.05) is 29.6 Å². The monoisotopic (exact) mass is 489 g/mol. The van der Waals surface area contributed by atoms with Crippen LogP contribution in [0.25, 0.3) is 11.3 Å². The summed E-state index contributed by atoms with van der Waals surface area (Å²) in [6, 6.07) is 14.3.